The van der Waals surface area contributed by atoms with Gasteiger partial charge in [0.2, 0.25) is 0 Å². The van der Waals surface area contributed by atoms with Crippen LogP contribution in [-0.4, -0.2) is 4.98 Å². The summed E-state index contributed by atoms with van der Waals surface area (Å²) in [5.74, 6) is 0. The maximum absolute atomic E-state index is 4.10. The summed E-state index contributed by atoms with van der Waals surface area (Å²) in [7, 11) is 0. The molecule has 1 aromatic heterocycles. The van der Waals surface area contributed by atoms with E-state index in [0.29, 0.717) is 0 Å². The molecule has 0 saturated carbocycles. The number of rotatable bonds is 0. The van der Waals surface area contributed by atoms with Gasteiger partial charge in [0.15, 0.2) is 0 Å². The Kier molecular flexibility index (Phi) is 2.46. The molecule has 0 aromatic carbocycles. The number of halogens is 2. The van der Waals surface area contributed by atoms with Crippen LogP contribution in [0.5, 0.6) is 0 Å². The van der Waals surface area contributed by atoms with Crippen molar-refractivity contribution in [1.29, 1.82) is 0 Å². The molecule has 1 aromatic rings. The monoisotopic (exact) mass is 297 g/mol. The third-order valence-electron chi connectivity index (χ3n) is 0.945. The smallest absolute Gasteiger partial charge is 0.0456 e. The van der Waals surface area contributed by atoms with Gasteiger partial charge >= 0.3 is 0 Å². The summed E-state index contributed by atoms with van der Waals surface area (Å²) < 4.78 is 2.27. The van der Waals surface area contributed by atoms with Crippen LogP contribution in [0.25, 0.3) is 0 Å². The largest absolute Gasteiger partial charge is 0.260 e. The van der Waals surface area contributed by atoms with Crippen molar-refractivity contribution < 1.29 is 0 Å². The van der Waals surface area contributed by atoms with Crippen molar-refractivity contribution in [2.75, 3.05) is 0 Å². The first-order valence-corrected chi connectivity index (χ1v) is 4.35. The molecule has 9 heavy (non-hydrogen) atoms. The van der Waals surface area contributed by atoms with Crippen LogP contribution in [0.15, 0.2) is 16.7 Å². The van der Waals surface area contributed by atoms with Crippen molar-refractivity contribution >= 4 is 38.5 Å². The van der Waals surface area contributed by atoms with Crippen LogP contribution in [0.3, 0.4) is 0 Å². The lowest BCUT2D eigenvalue weighted by Crippen LogP contribution is -1.81. The molecule has 0 atom stereocenters. The zero-order valence-electron chi connectivity index (χ0n) is 4.86. The van der Waals surface area contributed by atoms with Crippen molar-refractivity contribution in [2.24, 2.45) is 0 Å². The van der Waals surface area contributed by atoms with Gasteiger partial charge < -0.3 is 0 Å². The highest BCUT2D eigenvalue weighted by atomic mass is 127. The molecule has 0 amide bonds. The Morgan fingerprint density at radius 1 is 1.67 bits per heavy atom. The van der Waals surface area contributed by atoms with Gasteiger partial charge in [-0.2, -0.15) is 0 Å². The summed E-state index contributed by atoms with van der Waals surface area (Å²) in [6.45, 7) is 1.97. The number of hydrogen-bond donors (Lipinski definition) is 0. The maximum atomic E-state index is 4.10. The lowest BCUT2D eigenvalue weighted by molar-refractivity contribution is 1.18. The molecule has 0 aliphatic carbocycles. The van der Waals surface area contributed by atoms with Crippen LogP contribution in [0.4, 0.5) is 0 Å². The molecule has 3 heteroatoms. The van der Waals surface area contributed by atoms with Gasteiger partial charge in [-0.3, -0.25) is 4.98 Å². The molecule has 1 nitrogen and oxygen atoms in total. The highest BCUT2D eigenvalue weighted by Gasteiger charge is 1.93. The maximum Gasteiger partial charge on any atom is 0.0456 e. The summed E-state index contributed by atoms with van der Waals surface area (Å²) in [5.41, 5.74) is 1.04. The predicted molar refractivity (Wildman–Crippen MR) is 49.4 cm³/mol. The lowest BCUT2D eigenvalue weighted by atomic mass is 10.4. The Morgan fingerprint density at radius 2 is 2.33 bits per heavy atom. The van der Waals surface area contributed by atoms with E-state index in [4.69, 9.17) is 0 Å². The molecule has 0 N–H and O–H groups in total. The molecule has 0 fully saturated rings. The molecule has 1 heterocycles. The molecular formula is C6H5BrIN. The van der Waals surface area contributed by atoms with Crippen molar-refractivity contribution in [3.63, 3.8) is 0 Å². The highest BCUT2D eigenvalue weighted by Crippen LogP contribution is 2.17. The molecular weight excluding hydrogens is 293 g/mol. The Morgan fingerprint density at radius 3 is 2.78 bits per heavy atom. The second kappa shape index (κ2) is 2.96. The van der Waals surface area contributed by atoms with Crippen LogP contribution in [0.1, 0.15) is 5.69 Å². The van der Waals surface area contributed by atoms with Gasteiger partial charge in [0.05, 0.1) is 0 Å². The standard InChI is InChI=1S/C6H5BrIN/c1-4-2-5(7)6(8)3-9-4/h2-3H,1H3. The average molecular weight is 298 g/mol. The van der Waals surface area contributed by atoms with Gasteiger partial charge in [-0.05, 0) is 51.5 Å². The first-order chi connectivity index (χ1) is 4.20. The first-order valence-electron chi connectivity index (χ1n) is 2.48. The summed E-state index contributed by atoms with van der Waals surface area (Å²) in [4.78, 5) is 4.10. The zero-order chi connectivity index (χ0) is 6.85. The third kappa shape index (κ3) is 1.89. The van der Waals surface area contributed by atoms with Crippen molar-refractivity contribution in [3.05, 3.63) is 26.0 Å². The SMILES string of the molecule is Cc1cc(Br)c(I)cn1. The molecule has 0 saturated heterocycles. The topological polar surface area (TPSA) is 12.9 Å². The minimum Gasteiger partial charge on any atom is -0.260 e. The average Bonchev–Trinajstić information content (AvgIpc) is 1.80. The first kappa shape index (κ1) is 7.47. The Labute approximate surface area is 76.1 Å². The number of hydrogen-bond acceptors (Lipinski definition) is 1. The van der Waals surface area contributed by atoms with E-state index in [1.807, 2.05) is 19.2 Å². The zero-order valence-corrected chi connectivity index (χ0v) is 8.60. The van der Waals surface area contributed by atoms with Crippen molar-refractivity contribution in [3.8, 4) is 0 Å². The quantitative estimate of drug-likeness (QED) is 0.671. The van der Waals surface area contributed by atoms with Gasteiger partial charge in [0, 0.05) is 19.9 Å². The predicted octanol–water partition coefficient (Wildman–Crippen LogP) is 2.76. The fraction of sp³-hybridized carbons (Fsp3) is 0.167. The van der Waals surface area contributed by atoms with E-state index in [2.05, 4.69) is 43.5 Å². The minimum atomic E-state index is 1.04. The van der Waals surface area contributed by atoms with E-state index in [1.54, 1.807) is 0 Å². The summed E-state index contributed by atoms with van der Waals surface area (Å²) >= 11 is 5.63. The highest BCUT2D eigenvalue weighted by molar-refractivity contribution is 14.1. The van der Waals surface area contributed by atoms with Crippen molar-refractivity contribution in [2.45, 2.75) is 6.92 Å². The molecule has 0 aliphatic heterocycles. The Balaban J connectivity index is 3.17. The van der Waals surface area contributed by atoms with E-state index >= 15 is 0 Å². The minimum absolute atomic E-state index is 1.04. The van der Waals surface area contributed by atoms with Crippen LogP contribution in [0, 0.1) is 10.5 Å². The van der Waals surface area contributed by atoms with Crippen molar-refractivity contribution in [1.82, 2.24) is 4.98 Å². The second-order valence-electron chi connectivity index (χ2n) is 1.74. The van der Waals surface area contributed by atoms with E-state index in [1.165, 1.54) is 0 Å². The molecule has 0 bridgehead atoms. The Hall–Kier alpha value is 0.360. The molecule has 0 spiro atoms. The van der Waals surface area contributed by atoms with Gasteiger partial charge in [0.1, 0.15) is 0 Å². The normalized spacial score (nSPS) is 9.67. The van der Waals surface area contributed by atoms with Gasteiger partial charge in [-0.15, -0.1) is 0 Å². The fourth-order valence-corrected chi connectivity index (χ4v) is 1.24. The molecule has 0 unspecified atom stereocenters. The molecule has 1 rings (SSSR count). The fourth-order valence-electron chi connectivity index (χ4n) is 0.510. The van der Waals surface area contributed by atoms with E-state index in [-0.39, 0.29) is 0 Å². The summed E-state index contributed by atoms with van der Waals surface area (Å²) in [5, 5.41) is 0. The van der Waals surface area contributed by atoms with Crippen LogP contribution >= 0.6 is 38.5 Å². The summed E-state index contributed by atoms with van der Waals surface area (Å²) in [6.07, 6.45) is 1.85. The van der Waals surface area contributed by atoms with Crippen LogP contribution in [-0.2, 0) is 0 Å². The van der Waals surface area contributed by atoms with Crippen LogP contribution < -0.4 is 0 Å². The van der Waals surface area contributed by atoms with Crippen LogP contribution in [0.2, 0.25) is 0 Å². The third-order valence-corrected chi connectivity index (χ3v) is 3.20. The molecule has 0 aliphatic rings. The van der Waals surface area contributed by atoms with Gasteiger partial charge in [-0.1, -0.05) is 0 Å². The molecule has 0 radical (unpaired) electrons. The van der Waals surface area contributed by atoms with Gasteiger partial charge in [0.25, 0.3) is 0 Å². The number of pyridine rings is 1. The number of nitrogens with zero attached hydrogens (tertiary/aromatic N) is 1. The van der Waals surface area contributed by atoms with Gasteiger partial charge in [-0.25, -0.2) is 0 Å². The lowest BCUT2D eigenvalue weighted by Gasteiger charge is -1.94. The second-order valence-corrected chi connectivity index (χ2v) is 3.76. The van der Waals surface area contributed by atoms with E-state index in [9.17, 15) is 0 Å². The van der Waals surface area contributed by atoms with E-state index < -0.39 is 0 Å². The number of aromatic nitrogens is 1. The number of aryl methyl sites for hydroxylation is 1. The molecule has 48 valence electrons. The Bertz CT molecular complexity index is 224. The van der Waals surface area contributed by atoms with E-state index in [0.717, 1.165) is 13.7 Å². The summed E-state index contributed by atoms with van der Waals surface area (Å²) in [6, 6.07) is 2.00.